The number of benzene rings is 1. The molecule has 1 atom stereocenters. The molecule has 2 aromatic rings. The summed E-state index contributed by atoms with van der Waals surface area (Å²) in [6.07, 6.45) is 9.28. The third-order valence-electron chi connectivity index (χ3n) is 4.95. The van der Waals surface area contributed by atoms with Gasteiger partial charge in [-0.3, -0.25) is 0 Å². The first kappa shape index (κ1) is 19.8. The maximum atomic E-state index is 13.0. The Bertz CT molecular complexity index is 634. The molecular formula is C21H29FN2S2. The van der Waals surface area contributed by atoms with Gasteiger partial charge in [-0.15, -0.1) is 11.3 Å². The minimum absolute atomic E-state index is 0.197. The number of nitrogens with zero attached hydrogens (tertiary/aromatic N) is 1. The van der Waals surface area contributed by atoms with E-state index >= 15 is 0 Å². The van der Waals surface area contributed by atoms with Gasteiger partial charge in [0.1, 0.15) is 10.8 Å². The quantitative estimate of drug-likeness (QED) is 0.547. The number of halogens is 1. The van der Waals surface area contributed by atoms with E-state index < -0.39 is 0 Å². The highest BCUT2D eigenvalue weighted by Gasteiger charge is 2.11. The van der Waals surface area contributed by atoms with Gasteiger partial charge < -0.3 is 5.32 Å². The zero-order valence-corrected chi connectivity index (χ0v) is 17.0. The lowest BCUT2D eigenvalue weighted by Crippen LogP contribution is -2.20. The van der Waals surface area contributed by atoms with Gasteiger partial charge in [0, 0.05) is 10.9 Å². The van der Waals surface area contributed by atoms with Crippen molar-refractivity contribution in [3.8, 4) is 10.6 Å². The number of aryl methyl sites for hydroxylation is 1. The van der Waals surface area contributed by atoms with Gasteiger partial charge in [0.05, 0.1) is 5.69 Å². The van der Waals surface area contributed by atoms with Crippen molar-refractivity contribution in [3.05, 3.63) is 41.2 Å². The van der Waals surface area contributed by atoms with Crippen molar-refractivity contribution in [1.82, 2.24) is 10.3 Å². The van der Waals surface area contributed by atoms with E-state index in [1.165, 1.54) is 69.5 Å². The molecule has 3 rings (SSSR count). The second-order valence-corrected chi connectivity index (χ2v) is 9.16. The SMILES string of the molecule is Fc1ccc(-c2nc(CCSCCCCC3CCCCNC3)cs2)cc1. The molecule has 2 nitrogen and oxygen atoms in total. The number of hydrogen-bond donors (Lipinski definition) is 1. The van der Waals surface area contributed by atoms with E-state index in [9.17, 15) is 4.39 Å². The number of aromatic nitrogens is 1. The lowest BCUT2D eigenvalue weighted by Gasteiger charge is -2.13. The second kappa shape index (κ2) is 11.1. The number of rotatable bonds is 9. The Morgan fingerprint density at radius 2 is 2.04 bits per heavy atom. The third kappa shape index (κ3) is 6.67. The van der Waals surface area contributed by atoms with Gasteiger partial charge >= 0.3 is 0 Å². The smallest absolute Gasteiger partial charge is 0.123 e. The summed E-state index contributed by atoms with van der Waals surface area (Å²) >= 11 is 3.69. The first-order valence-corrected chi connectivity index (χ1v) is 11.8. The van der Waals surface area contributed by atoms with Crippen LogP contribution >= 0.6 is 23.1 Å². The van der Waals surface area contributed by atoms with Crippen LogP contribution in [0.4, 0.5) is 4.39 Å². The van der Waals surface area contributed by atoms with Crippen LogP contribution in [-0.4, -0.2) is 29.6 Å². The average Bonchev–Trinajstić information content (AvgIpc) is 2.97. The molecule has 26 heavy (non-hydrogen) atoms. The van der Waals surface area contributed by atoms with Crippen LogP contribution in [0, 0.1) is 11.7 Å². The standard InChI is InChI=1S/C21H29FN2S2/c22-19-9-7-18(8-10-19)21-24-20(16-26-21)11-14-25-13-4-2-6-17-5-1-3-12-23-15-17/h7-10,16-17,23H,1-6,11-15H2. The number of nitrogens with one attached hydrogen (secondary N) is 1. The van der Waals surface area contributed by atoms with Crippen molar-refractivity contribution in [2.24, 2.45) is 5.92 Å². The van der Waals surface area contributed by atoms with E-state index in [0.29, 0.717) is 0 Å². The maximum Gasteiger partial charge on any atom is 0.123 e. The fourth-order valence-electron chi connectivity index (χ4n) is 3.40. The zero-order valence-electron chi connectivity index (χ0n) is 15.4. The number of thiazole rings is 1. The van der Waals surface area contributed by atoms with Crippen molar-refractivity contribution < 1.29 is 4.39 Å². The molecule has 1 aliphatic rings. The zero-order chi connectivity index (χ0) is 18.0. The minimum Gasteiger partial charge on any atom is -0.316 e. The fraction of sp³-hybridized carbons (Fsp3) is 0.571. The molecule has 0 spiro atoms. The molecule has 1 aromatic heterocycles. The van der Waals surface area contributed by atoms with E-state index in [4.69, 9.17) is 0 Å². The Hall–Kier alpha value is -0.910. The van der Waals surface area contributed by atoms with E-state index in [2.05, 4.69) is 15.7 Å². The van der Waals surface area contributed by atoms with Crippen LogP contribution in [0.2, 0.25) is 0 Å². The summed E-state index contributed by atoms with van der Waals surface area (Å²) < 4.78 is 13.0. The summed E-state index contributed by atoms with van der Waals surface area (Å²) in [6, 6.07) is 6.60. The number of unbranched alkanes of at least 4 members (excludes halogenated alkanes) is 1. The fourth-order valence-corrected chi connectivity index (χ4v) is 5.23. The minimum atomic E-state index is -0.197. The van der Waals surface area contributed by atoms with Gasteiger partial charge in [-0.1, -0.05) is 12.8 Å². The Kier molecular flexibility index (Phi) is 8.43. The lowest BCUT2D eigenvalue weighted by atomic mass is 9.97. The third-order valence-corrected chi connectivity index (χ3v) is 6.96. The highest BCUT2D eigenvalue weighted by Crippen LogP contribution is 2.24. The van der Waals surface area contributed by atoms with E-state index in [0.717, 1.165) is 34.4 Å². The van der Waals surface area contributed by atoms with Gasteiger partial charge in [-0.2, -0.15) is 11.8 Å². The van der Waals surface area contributed by atoms with Crippen LogP contribution in [0.3, 0.4) is 0 Å². The summed E-state index contributed by atoms with van der Waals surface area (Å²) in [5.41, 5.74) is 2.16. The first-order chi connectivity index (χ1) is 12.8. The summed E-state index contributed by atoms with van der Waals surface area (Å²) in [5.74, 6) is 3.10. The predicted molar refractivity (Wildman–Crippen MR) is 113 cm³/mol. The molecule has 0 saturated carbocycles. The van der Waals surface area contributed by atoms with Crippen molar-refractivity contribution in [3.63, 3.8) is 0 Å². The van der Waals surface area contributed by atoms with Gasteiger partial charge in [-0.25, -0.2) is 9.37 Å². The van der Waals surface area contributed by atoms with Crippen molar-refractivity contribution in [2.75, 3.05) is 24.6 Å². The largest absolute Gasteiger partial charge is 0.316 e. The molecule has 1 unspecified atom stereocenters. The van der Waals surface area contributed by atoms with Crippen molar-refractivity contribution in [1.29, 1.82) is 0 Å². The van der Waals surface area contributed by atoms with Crippen LogP contribution < -0.4 is 5.32 Å². The molecule has 1 saturated heterocycles. The lowest BCUT2D eigenvalue weighted by molar-refractivity contribution is 0.431. The van der Waals surface area contributed by atoms with Gasteiger partial charge in [0.2, 0.25) is 0 Å². The molecule has 1 N–H and O–H groups in total. The molecule has 0 aliphatic carbocycles. The Balaban J connectivity index is 1.27. The van der Waals surface area contributed by atoms with E-state index in [-0.39, 0.29) is 5.82 Å². The normalized spacial score (nSPS) is 18.0. The van der Waals surface area contributed by atoms with Crippen LogP contribution in [-0.2, 0) is 6.42 Å². The molecular weight excluding hydrogens is 363 g/mol. The molecule has 5 heteroatoms. The van der Waals surface area contributed by atoms with Crippen molar-refractivity contribution >= 4 is 23.1 Å². The maximum absolute atomic E-state index is 13.0. The summed E-state index contributed by atoms with van der Waals surface area (Å²) in [5, 5.41) is 6.69. The van der Waals surface area contributed by atoms with Gasteiger partial charge in [-0.05, 0) is 86.9 Å². The Labute approximate surface area is 165 Å². The molecule has 1 aliphatic heterocycles. The van der Waals surface area contributed by atoms with Crippen LogP contribution in [0.1, 0.15) is 44.2 Å². The highest BCUT2D eigenvalue weighted by atomic mass is 32.2. The van der Waals surface area contributed by atoms with Gasteiger partial charge in [0.15, 0.2) is 0 Å². The first-order valence-electron chi connectivity index (χ1n) is 9.80. The Morgan fingerprint density at radius 3 is 2.92 bits per heavy atom. The number of thioether (sulfide) groups is 1. The van der Waals surface area contributed by atoms with Crippen LogP contribution in [0.5, 0.6) is 0 Å². The molecule has 0 amide bonds. The van der Waals surface area contributed by atoms with Crippen LogP contribution in [0.15, 0.2) is 29.6 Å². The highest BCUT2D eigenvalue weighted by molar-refractivity contribution is 7.99. The van der Waals surface area contributed by atoms with E-state index in [1.54, 1.807) is 23.5 Å². The molecule has 2 heterocycles. The monoisotopic (exact) mass is 392 g/mol. The summed E-state index contributed by atoms with van der Waals surface area (Å²) in [4.78, 5) is 4.69. The number of hydrogen-bond acceptors (Lipinski definition) is 4. The molecule has 1 fully saturated rings. The Morgan fingerprint density at radius 1 is 1.15 bits per heavy atom. The van der Waals surface area contributed by atoms with Crippen LogP contribution in [0.25, 0.3) is 10.6 Å². The van der Waals surface area contributed by atoms with Crippen molar-refractivity contribution in [2.45, 2.75) is 44.9 Å². The van der Waals surface area contributed by atoms with Gasteiger partial charge in [0.25, 0.3) is 0 Å². The average molecular weight is 393 g/mol. The predicted octanol–water partition coefficient (Wildman–Crippen LogP) is 5.78. The molecule has 1 aromatic carbocycles. The second-order valence-electron chi connectivity index (χ2n) is 7.07. The molecule has 0 radical (unpaired) electrons. The summed E-state index contributed by atoms with van der Waals surface area (Å²) in [7, 11) is 0. The van der Waals surface area contributed by atoms with E-state index in [1.807, 2.05) is 11.8 Å². The summed E-state index contributed by atoms with van der Waals surface area (Å²) in [6.45, 7) is 2.44. The molecule has 142 valence electrons. The molecule has 0 bridgehead atoms. The topological polar surface area (TPSA) is 24.9 Å².